The lowest BCUT2D eigenvalue weighted by atomic mass is 10.1. The zero-order valence-corrected chi connectivity index (χ0v) is 11.8. The Balaban J connectivity index is 2.49. The normalized spacial score (nSPS) is 10.2. The molecule has 6 heteroatoms. The average Bonchev–Trinajstić information content (AvgIpc) is 2.38. The Labute approximate surface area is 117 Å². The molecule has 1 N–H and O–H groups in total. The molecule has 1 aromatic rings. The van der Waals surface area contributed by atoms with Crippen LogP contribution in [0.4, 0.5) is 5.69 Å². The molecular weight excluding hydrogens is 260 g/mol. The molecule has 0 radical (unpaired) electrons. The van der Waals surface area contributed by atoms with Crippen LogP contribution >= 0.6 is 0 Å². The standard InChI is InChI=1S/C14H18N2O4/c1-10(17)11-4-6-12(7-5-11)15-13(18)8-16(2)9-14(19)20-3/h4-7H,8-9H2,1-3H3,(H,15,18). The Hall–Kier alpha value is -2.21. The van der Waals surface area contributed by atoms with E-state index in [0.717, 1.165) is 0 Å². The van der Waals surface area contributed by atoms with Crippen molar-refractivity contribution in [2.24, 2.45) is 0 Å². The molecule has 0 aliphatic rings. The molecule has 0 bridgehead atoms. The van der Waals surface area contributed by atoms with Gasteiger partial charge in [0.25, 0.3) is 0 Å². The van der Waals surface area contributed by atoms with Crippen LogP contribution in [-0.4, -0.2) is 49.8 Å². The Bertz CT molecular complexity index is 496. The van der Waals surface area contributed by atoms with Crippen molar-refractivity contribution < 1.29 is 19.1 Å². The third-order valence-electron chi connectivity index (χ3n) is 2.62. The Morgan fingerprint density at radius 3 is 2.25 bits per heavy atom. The van der Waals surface area contributed by atoms with Crippen LogP contribution in [0.5, 0.6) is 0 Å². The molecule has 108 valence electrons. The van der Waals surface area contributed by atoms with Crippen LogP contribution in [-0.2, 0) is 14.3 Å². The van der Waals surface area contributed by atoms with Crippen LogP contribution < -0.4 is 5.32 Å². The quantitative estimate of drug-likeness (QED) is 0.619. The number of ketones is 1. The molecule has 1 rings (SSSR count). The molecule has 0 unspecified atom stereocenters. The number of amides is 1. The summed E-state index contributed by atoms with van der Waals surface area (Å²) in [5.74, 6) is -0.668. The molecule has 20 heavy (non-hydrogen) atoms. The van der Waals surface area contributed by atoms with Crippen molar-refractivity contribution >= 4 is 23.3 Å². The molecule has 0 aliphatic carbocycles. The second-order valence-electron chi connectivity index (χ2n) is 4.43. The fourth-order valence-corrected chi connectivity index (χ4v) is 1.57. The second-order valence-corrected chi connectivity index (χ2v) is 4.43. The summed E-state index contributed by atoms with van der Waals surface area (Å²) in [5, 5.41) is 2.69. The number of benzene rings is 1. The van der Waals surface area contributed by atoms with Gasteiger partial charge in [-0.25, -0.2) is 0 Å². The van der Waals surface area contributed by atoms with Crippen molar-refractivity contribution in [2.75, 3.05) is 32.6 Å². The van der Waals surface area contributed by atoms with Crippen molar-refractivity contribution in [2.45, 2.75) is 6.92 Å². The molecule has 0 saturated carbocycles. The average molecular weight is 278 g/mol. The number of hydrogen-bond donors (Lipinski definition) is 1. The summed E-state index contributed by atoms with van der Waals surface area (Å²) in [6.07, 6.45) is 0. The van der Waals surface area contributed by atoms with Gasteiger partial charge in [0.1, 0.15) is 0 Å². The minimum absolute atomic E-state index is 0.0271. The Kier molecular flexibility index (Phi) is 5.86. The van der Waals surface area contributed by atoms with E-state index in [-0.39, 0.29) is 24.8 Å². The maximum absolute atomic E-state index is 11.7. The van der Waals surface area contributed by atoms with Crippen molar-refractivity contribution in [1.82, 2.24) is 4.90 Å². The highest BCUT2D eigenvalue weighted by atomic mass is 16.5. The zero-order chi connectivity index (χ0) is 15.1. The fraction of sp³-hybridized carbons (Fsp3) is 0.357. The van der Waals surface area contributed by atoms with E-state index in [2.05, 4.69) is 10.1 Å². The molecule has 1 aromatic carbocycles. The first-order valence-corrected chi connectivity index (χ1v) is 6.08. The first-order valence-electron chi connectivity index (χ1n) is 6.08. The first-order chi connectivity index (χ1) is 9.42. The predicted molar refractivity (Wildman–Crippen MR) is 74.6 cm³/mol. The summed E-state index contributed by atoms with van der Waals surface area (Å²) >= 11 is 0. The topological polar surface area (TPSA) is 75.7 Å². The number of rotatable bonds is 6. The number of carbonyl (C=O) groups is 3. The third-order valence-corrected chi connectivity index (χ3v) is 2.62. The summed E-state index contributed by atoms with van der Waals surface area (Å²) in [5.41, 5.74) is 1.19. The number of nitrogens with zero attached hydrogens (tertiary/aromatic N) is 1. The number of esters is 1. The van der Waals surface area contributed by atoms with Gasteiger partial charge in [-0.3, -0.25) is 19.3 Å². The molecule has 0 heterocycles. The van der Waals surface area contributed by atoms with Crippen LogP contribution in [0.3, 0.4) is 0 Å². The molecule has 1 amide bonds. The van der Waals surface area contributed by atoms with Gasteiger partial charge >= 0.3 is 5.97 Å². The lowest BCUT2D eigenvalue weighted by Gasteiger charge is -2.14. The van der Waals surface area contributed by atoms with E-state index < -0.39 is 5.97 Å². The van der Waals surface area contributed by atoms with Gasteiger partial charge in [0.05, 0.1) is 20.2 Å². The highest BCUT2D eigenvalue weighted by molar-refractivity contribution is 5.96. The lowest BCUT2D eigenvalue weighted by Crippen LogP contribution is -2.34. The van der Waals surface area contributed by atoms with Crippen LogP contribution in [0.25, 0.3) is 0 Å². The fourth-order valence-electron chi connectivity index (χ4n) is 1.57. The van der Waals surface area contributed by atoms with Gasteiger partial charge in [-0.2, -0.15) is 0 Å². The summed E-state index contributed by atoms with van der Waals surface area (Å²) in [7, 11) is 2.95. The van der Waals surface area contributed by atoms with Crippen LogP contribution in [0.15, 0.2) is 24.3 Å². The molecule has 0 aliphatic heterocycles. The van der Waals surface area contributed by atoms with Crippen LogP contribution in [0.1, 0.15) is 17.3 Å². The largest absolute Gasteiger partial charge is 0.468 e. The first kappa shape index (κ1) is 15.8. The number of methoxy groups -OCH3 is 1. The van der Waals surface area contributed by atoms with Crippen LogP contribution in [0.2, 0.25) is 0 Å². The van der Waals surface area contributed by atoms with E-state index >= 15 is 0 Å². The molecule has 0 spiro atoms. The number of carbonyl (C=O) groups excluding carboxylic acids is 3. The van der Waals surface area contributed by atoms with Crippen LogP contribution in [0, 0.1) is 0 Å². The SMILES string of the molecule is COC(=O)CN(C)CC(=O)Nc1ccc(C(C)=O)cc1. The third kappa shape index (κ3) is 5.19. The van der Waals surface area contributed by atoms with E-state index in [0.29, 0.717) is 11.3 Å². The molecule has 0 fully saturated rings. The molecular formula is C14H18N2O4. The van der Waals surface area contributed by atoms with E-state index in [1.807, 2.05) is 0 Å². The Morgan fingerprint density at radius 2 is 1.75 bits per heavy atom. The maximum Gasteiger partial charge on any atom is 0.319 e. The summed E-state index contributed by atoms with van der Waals surface area (Å²) < 4.78 is 4.51. The molecule has 0 aromatic heterocycles. The van der Waals surface area contributed by atoms with E-state index in [1.54, 1.807) is 36.2 Å². The summed E-state index contributed by atoms with van der Waals surface area (Å²) in [4.78, 5) is 35.4. The second kappa shape index (κ2) is 7.40. The molecule has 0 saturated heterocycles. The number of likely N-dealkylation sites (N-methyl/N-ethyl adjacent to an activating group) is 1. The Morgan fingerprint density at radius 1 is 1.15 bits per heavy atom. The highest BCUT2D eigenvalue weighted by Gasteiger charge is 2.11. The van der Waals surface area contributed by atoms with Crippen molar-refractivity contribution in [3.05, 3.63) is 29.8 Å². The minimum Gasteiger partial charge on any atom is -0.468 e. The van der Waals surface area contributed by atoms with Gasteiger partial charge in [-0.05, 0) is 38.2 Å². The van der Waals surface area contributed by atoms with Gasteiger partial charge < -0.3 is 10.1 Å². The van der Waals surface area contributed by atoms with Gasteiger partial charge in [-0.15, -0.1) is 0 Å². The number of Topliss-reactive ketones (excluding diaryl/α,β-unsaturated/α-hetero) is 1. The zero-order valence-electron chi connectivity index (χ0n) is 11.8. The van der Waals surface area contributed by atoms with Crippen molar-refractivity contribution in [1.29, 1.82) is 0 Å². The minimum atomic E-state index is -0.397. The van der Waals surface area contributed by atoms with E-state index in [1.165, 1.54) is 14.0 Å². The maximum atomic E-state index is 11.7. The van der Waals surface area contributed by atoms with Crippen molar-refractivity contribution in [3.63, 3.8) is 0 Å². The van der Waals surface area contributed by atoms with E-state index in [9.17, 15) is 14.4 Å². The monoisotopic (exact) mass is 278 g/mol. The highest BCUT2D eigenvalue weighted by Crippen LogP contribution is 2.09. The van der Waals surface area contributed by atoms with Gasteiger partial charge in [-0.1, -0.05) is 0 Å². The smallest absolute Gasteiger partial charge is 0.319 e. The predicted octanol–water partition coefficient (Wildman–Crippen LogP) is 0.932. The number of ether oxygens (including phenoxy) is 1. The number of anilines is 1. The summed E-state index contributed by atoms with van der Waals surface area (Å²) in [6.45, 7) is 1.60. The molecule has 0 atom stereocenters. The van der Waals surface area contributed by atoms with Gasteiger partial charge in [0.15, 0.2) is 5.78 Å². The van der Waals surface area contributed by atoms with Gasteiger partial charge in [0.2, 0.25) is 5.91 Å². The van der Waals surface area contributed by atoms with E-state index in [4.69, 9.17) is 0 Å². The summed E-state index contributed by atoms with van der Waals surface area (Å²) in [6, 6.07) is 6.62. The molecule has 6 nitrogen and oxygen atoms in total. The lowest BCUT2D eigenvalue weighted by molar-refractivity contribution is -0.141. The van der Waals surface area contributed by atoms with Gasteiger partial charge in [0, 0.05) is 11.3 Å². The number of hydrogen-bond acceptors (Lipinski definition) is 5. The number of nitrogens with one attached hydrogen (secondary N) is 1. The van der Waals surface area contributed by atoms with Crippen molar-refractivity contribution in [3.8, 4) is 0 Å².